The second-order valence-corrected chi connectivity index (χ2v) is 2.36. The van der Waals surface area contributed by atoms with Crippen LogP contribution < -0.4 is 0 Å². The van der Waals surface area contributed by atoms with Crippen LogP contribution in [0.5, 0.6) is 0 Å². The number of aromatic nitrogens is 1. The van der Waals surface area contributed by atoms with E-state index >= 15 is 0 Å². The van der Waals surface area contributed by atoms with E-state index in [9.17, 15) is 13.2 Å². The van der Waals surface area contributed by atoms with Gasteiger partial charge in [-0.1, -0.05) is 11.8 Å². The molecule has 1 N–H and O–H groups in total. The van der Waals surface area contributed by atoms with Crippen LogP contribution in [0.3, 0.4) is 0 Å². The molecule has 0 atom stereocenters. The molecule has 1 aromatic heterocycles. The summed E-state index contributed by atoms with van der Waals surface area (Å²) in [7, 11) is 0. The molecule has 1 heterocycles. The highest BCUT2D eigenvalue weighted by Crippen LogP contribution is 2.29. The van der Waals surface area contributed by atoms with Crippen molar-refractivity contribution in [3.8, 4) is 11.8 Å². The fourth-order valence-corrected chi connectivity index (χ4v) is 0.867. The quantitative estimate of drug-likeness (QED) is 0.644. The van der Waals surface area contributed by atoms with Crippen LogP contribution in [0.4, 0.5) is 13.2 Å². The first kappa shape index (κ1) is 10.5. The smallest absolute Gasteiger partial charge is 0.384 e. The molecule has 0 aromatic carbocycles. The van der Waals surface area contributed by atoms with Gasteiger partial charge in [0, 0.05) is 6.20 Å². The zero-order valence-corrected chi connectivity index (χ0v) is 6.97. The number of aliphatic hydroxyl groups is 1. The summed E-state index contributed by atoms with van der Waals surface area (Å²) >= 11 is 0. The monoisotopic (exact) mass is 201 g/mol. The van der Waals surface area contributed by atoms with Crippen molar-refractivity contribution in [3.05, 3.63) is 29.6 Å². The van der Waals surface area contributed by atoms with Crippen molar-refractivity contribution in [1.29, 1.82) is 0 Å². The molecule has 2 nitrogen and oxygen atoms in total. The van der Waals surface area contributed by atoms with Gasteiger partial charge in [0.1, 0.15) is 6.61 Å². The highest BCUT2D eigenvalue weighted by atomic mass is 19.4. The fourth-order valence-electron chi connectivity index (χ4n) is 0.867. The van der Waals surface area contributed by atoms with Crippen LogP contribution in [0, 0.1) is 11.8 Å². The maximum Gasteiger partial charge on any atom is 0.434 e. The summed E-state index contributed by atoms with van der Waals surface area (Å²) in [4.78, 5) is 3.19. The summed E-state index contributed by atoms with van der Waals surface area (Å²) in [6, 6.07) is 2.56. The van der Waals surface area contributed by atoms with Gasteiger partial charge >= 0.3 is 6.18 Å². The van der Waals surface area contributed by atoms with Gasteiger partial charge < -0.3 is 5.11 Å². The molecule has 0 amide bonds. The van der Waals surface area contributed by atoms with Gasteiger partial charge in [-0.3, -0.25) is 4.98 Å². The fraction of sp³-hybridized carbons (Fsp3) is 0.222. The Morgan fingerprint density at radius 2 is 2.14 bits per heavy atom. The molecule has 1 rings (SSSR count). The summed E-state index contributed by atoms with van der Waals surface area (Å²) in [6.07, 6.45) is -3.46. The third-order valence-electron chi connectivity index (χ3n) is 1.38. The maximum atomic E-state index is 12.3. The van der Waals surface area contributed by atoms with Crippen LogP contribution in [0.2, 0.25) is 0 Å². The maximum absolute atomic E-state index is 12.3. The van der Waals surface area contributed by atoms with Crippen molar-refractivity contribution >= 4 is 0 Å². The van der Waals surface area contributed by atoms with Gasteiger partial charge in [-0.05, 0) is 12.1 Å². The third kappa shape index (κ3) is 2.47. The lowest BCUT2D eigenvalue weighted by molar-refractivity contribution is -0.141. The predicted molar refractivity (Wildman–Crippen MR) is 43.2 cm³/mol. The first-order chi connectivity index (χ1) is 6.55. The van der Waals surface area contributed by atoms with E-state index in [-0.39, 0.29) is 5.56 Å². The van der Waals surface area contributed by atoms with Gasteiger partial charge in [0.2, 0.25) is 0 Å². The number of aliphatic hydroxyl groups excluding tert-OH is 1. The first-order valence-corrected chi connectivity index (χ1v) is 3.67. The van der Waals surface area contributed by atoms with E-state index in [1.807, 2.05) is 0 Å². The summed E-state index contributed by atoms with van der Waals surface area (Å²) in [5.74, 6) is 4.33. The van der Waals surface area contributed by atoms with Crippen LogP contribution in [0.25, 0.3) is 0 Å². The summed E-state index contributed by atoms with van der Waals surface area (Å²) in [5, 5.41) is 8.35. The van der Waals surface area contributed by atoms with E-state index in [1.54, 1.807) is 0 Å². The summed E-state index contributed by atoms with van der Waals surface area (Å²) in [6.45, 7) is -0.480. The Bertz CT molecular complexity index is 376. The number of nitrogens with zero attached hydrogens (tertiary/aromatic N) is 1. The molecule has 0 saturated heterocycles. The van der Waals surface area contributed by atoms with Gasteiger partial charge in [0.25, 0.3) is 0 Å². The molecule has 0 saturated carbocycles. The molecule has 14 heavy (non-hydrogen) atoms. The van der Waals surface area contributed by atoms with E-state index in [2.05, 4.69) is 16.8 Å². The molecule has 0 bridgehead atoms. The predicted octanol–water partition coefficient (Wildman–Crippen LogP) is 1.44. The molecule has 0 aliphatic rings. The molecule has 5 heteroatoms. The molecule has 74 valence electrons. The standard InChI is InChI=1S/C9H6F3NO/c10-9(11,12)8-7(4-2-6-14)3-1-5-13-8/h1,3,5,14H,6H2. The second kappa shape index (κ2) is 4.11. The lowest BCUT2D eigenvalue weighted by atomic mass is 10.2. The molecule has 0 aliphatic heterocycles. The third-order valence-corrected chi connectivity index (χ3v) is 1.38. The SMILES string of the molecule is OCC#Cc1cccnc1C(F)(F)F. The van der Waals surface area contributed by atoms with Crippen molar-refractivity contribution in [1.82, 2.24) is 4.98 Å². The van der Waals surface area contributed by atoms with Crippen LogP contribution in [-0.4, -0.2) is 16.7 Å². The van der Waals surface area contributed by atoms with Crippen LogP contribution >= 0.6 is 0 Å². The van der Waals surface area contributed by atoms with Gasteiger partial charge in [-0.25, -0.2) is 0 Å². The van der Waals surface area contributed by atoms with Crippen LogP contribution in [-0.2, 0) is 6.18 Å². The largest absolute Gasteiger partial charge is 0.434 e. The first-order valence-electron chi connectivity index (χ1n) is 3.67. The van der Waals surface area contributed by atoms with Crippen LogP contribution in [0.15, 0.2) is 18.3 Å². The number of hydrogen-bond acceptors (Lipinski definition) is 2. The molecule has 0 aliphatic carbocycles. The average Bonchev–Trinajstić information content (AvgIpc) is 2.14. The highest BCUT2D eigenvalue weighted by molar-refractivity contribution is 5.38. The van der Waals surface area contributed by atoms with Crippen molar-refractivity contribution in [3.63, 3.8) is 0 Å². The van der Waals surface area contributed by atoms with Gasteiger partial charge in [0.05, 0.1) is 5.56 Å². The Hall–Kier alpha value is -1.54. The Labute approximate surface area is 78.4 Å². The van der Waals surface area contributed by atoms with E-state index in [1.165, 1.54) is 12.1 Å². The van der Waals surface area contributed by atoms with Gasteiger partial charge in [0.15, 0.2) is 5.69 Å². The van der Waals surface area contributed by atoms with Crippen molar-refractivity contribution in [2.45, 2.75) is 6.18 Å². The molecular weight excluding hydrogens is 195 g/mol. The summed E-state index contributed by atoms with van der Waals surface area (Å²) in [5.41, 5.74) is -1.25. The molecule has 1 aromatic rings. The Kier molecular flexibility index (Phi) is 3.10. The minimum absolute atomic E-state index is 0.228. The Morgan fingerprint density at radius 1 is 1.43 bits per heavy atom. The average molecular weight is 201 g/mol. The van der Waals surface area contributed by atoms with E-state index in [0.717, 1.165) is 6.20 Å². The summed E-state index contributed by atoms with van der Waals surface area (Å²) < 4.78 is 36.8. The van der Waals surface area contributed by atoms with E-state index < -0.39 is 18.5 Å². The van der Waals surface area contributed by atoms with Crippen molar-refractivity contribution < 1.29 is 18.3 Å². The number of halogens is 3. The van der Waals surface area contributed by atoms with E-state index in [0.29, 0.717) is 0 Å². The number of pyridine rings is 1. The number of rotatable bonds is 0. The molecule has 0 fully saturated rings. The zero-order valence-electron chi connectivity index (χ0n) is 6.97. The second-order valence-electron chi connectivity index (χ2n) is 2.36. The Morgan fingerprint density at radius 3 is 2.71 bits per heavy atom. The van der Waals surface area contributed by atoms with Gasteiger partial charge in [-0.15, -0.1) is 0 Å². The lowest BCUT2D eigenvalue weighted by Gasteiger charge is -2.06. The minimum Gasteiger partial charge on any atom is -0.384 e. The highest BCUT2D eigenvalue weighted by Gasteiger charge is 2.34. The normalized spacial score (nSPS) is 10.6. The van der Waals surface area contributed by atoms with E-state index in [4.69, 9.17) is 5.11 Å². The minimum atomic E-state index is -4.51. The Balaban J connectivity index is 3.16. The molecule has 0 radical (unpaired) electrons. The number of hydrogen-bond donors (Lipinski definition) is 1. The molecule has 0 unspecified atom stereocenters. The lowest BCUT2D eigenvalue weighted by Crippen LogP contribution is -2.10. The van der Waals surface area contributed by atoms with Crippen molar-refractivity contribution in [2.75, 3.05) is 6.61 Å². The molecular formula is C9H6F3NO. The van der Waals surface area contributed by atoms with Crippen LogP contribution in [0.1, 0.15) is 11.3 Å². The van der Waals surface area contributed by atoms with Crippen molar-refractivity contribution in [2.24, 2.45) is 0 Å². The zero-order chi connectivity index (χ0) is 10.6. The van der Waals surface area contributed by atoms with Gasteiger partial charge in [-0.2, -0.15) is 13.2 Å². The topological polar surface area (TPSA) is 33.1 Å². The number of alkyl halides is 3. The molecule has 0 spiro atoms.